The Bertz CT molecular complexity index is 1120. The van der Waals surface area contributed by atoms with Gasteiger partial charge in [0.05, 0.1) is 16.4 Å². The molecule has 29 heavy (non-hydrogen) atoms. The van der Waals surface area contributed by atoms with E-state index in [0.29, 0.717) is 10.6 Å². The quantitative estimate of drug-likeness (QED) is 0.351. The highest BCUT2D eigenvalue weighted by atomic mass is 32.2. The molecule has 0 aliphatic carbocycles. The van der Waals surface area contributed by atoms with Crippen molar-refractivity contribution in [3.05, 3.63) is 99.2 Å². The second-order valence-corrected chi connectivity index (χ2v) is 7.32. The third-order valence-electron chi connectivity index (χ3n) is 4.46. The molecule has 2 aromatic carbocycles. The largest absolute Gasteiger partial charge is 0.317 e. The third-order valence-corrected chi connectivity index (χ3v) is 5.36. The highest BCUT2D eigenvalue weighted by molar-refractivity contribution is 8.18. The van der Waals surface area contributed by atoms with Crippen molar-refractivity contribution in [3.63, 3.8) is 0 Å². The Balaban J connectivity index is 1.59. The van der Waals surface area contributed by atoms with Crippen LogP contribution in [0, 0.1) is 10.1 Å². The van der Waals surface area contributed by atoms with Crippen LogP contribution in [0.2, 0.25) is 0 Å². The first-order valence-electron chi connectivity index (χ1n) is 8.74. The average molecular weight is 405 g/mol. The lowest BCUT2D eigenvalue weighted by Crippen LogP contribution is -2.27. The number of non-ortho nitro benzene ring substituents is 1. The van der Waals surface area contributed by atoms with Crippen molar-refractivity contribution in [1.82, 2.24) is 9.47 Å². The van der Waals surface area contributed by atoms with Crippen molar-refractivity contribution in [3.8, 4) is 5.69 Å². The summed E-state index contributed by atoms with van der Waals surface area (Å²) < 4.78 is 1.80. The fourth-order valence-electron chi connectivity index (χ4n) is 3.02. The number of hydrogen-bond donors (Lipinski definition) is 0. The third kappa shape index (κ3) is 3.83. The van der Waals surface area contributed by atoms with E-state index >= 15 is 0 Å². The lowest BCUT2D eigenvalue weighted by molar-refractivity contribution is -0.384. The van der Waals surface area contributed by atoms with Crippen LogP contribution in [0.1, 0.15) is 11.3 Å². The fourth-order valence-corrected chi connectivity index (χ4v) is 3.84. The summed E-state index contributed by atoms with van der Waals surface area (Å²) in [5.74, 6) is -0.333. The number of imide groups is 1. The van der Waals surface area contributed by atoms with Crippen LogP contribution in [-0.2, 0) is 11.3 Å². The van der Waals surface area contributed by atoms with Gasteiger partial charge in [-0.15, -0.1) is 0 Å². The summed E-state index contributed by atoms with van der Waals surface area (Å²) in [5, 5.41) is 10.5. The molecule has 7 nitrogen and oxygen atoms in total. The zero-order chi connectivity index (χ0) is 20.4. The Labute approximate surface area is 170 Å². The van der Waals surface area contributed by atoms with E-state index in [4.69, 9.17) is 0 Å². The van der Waals surface area contributed by atoms with Crippen LogP contribution in [0.15, 0.2) is 77.8 Å². The smallest absolute Gasteiger partial charge is 0.293 e. The van der Waals surface area contributed by atoms with E-state index in [1.807, 2.05) is 42.5 Å². The maximum atomic E-state index is 12.7. The molecule has 1 aliphatic rings. The first-order chi connectivity index (χ1) is 14.0. The lowest BCUT2D eigenvalue weighted by atomic mass is 10.2. The number of aromatic nitrogens is 1. The topological polar surface area (TPSA) is 85.5 Å². The maximum Gasteiger partial charge on any atom is 0.293 e. The van der Waals surface area contributed by atoms with Crippen LogP contribution in [0.5, 0.6) is 0 Å². The number of carbonyl (C=O) groups excluding carboxylic acids is 2. The Hall–Kier alpha value is -3.65. The van der Waals surface area contributed by atoms with E-state index in [2.05, 4.69) is 0 Å². The number of carbonyl (C=O) groups is 2. The van der Waals surface area contributed by atoms with Gasteiger partial charge in [0.15, 0.2) is 0 Å². The number of nitro groups is 1. The minimum Gasteiger partial charge on any atom is -0.317 e. The molecular weight excluding hydrogens is 390 g/mol. The standard InChI is InChI=1S/C21H15N3O4S/c25-20-19(29-21(26)23(20)14-15-5-2-1-3-6-15)13-18-7-4-12-22(18)16-8-10-17(11-9-16)24(27)28/h1-13H,14H2/b19-13-. The van der Waals surface area contributed by atoms with Gasteiger partial charge in [0.2, 0.25) is 0 Å². The molecule has 1 aliphatic heterocycles. The van der Waals surface area contributed by atoms with E-state index in [1.165, 1.54) is 17.0 Å². The highest BCUT2D eigenvalue weighted by Gasteiger charge is 2.35. The van der Waals surface area contributed by atoms with Gasteiger partial charge in [-0.05, 0) is 47.7 Å². The van der Waals surface area contributed by atoms with Crippen molar-refractivity contribution in [2.24, 2.45) is 0 Å². The van der Waals surface area contributed by atoms with Crippen molar-refractivity contribution in [1.29, 1.82) is 0 Å². The molecule has 0 atom stereocenters. The Morgan fingerprint density at radius 1 is 0.966 bits per heavy atom. The molecule has 0 saturated carbocycles. The zero-order valence-corrected chi connectivity index (χ0v) is 15.9. The number of nitrogens with zero attached hydrogens (tertiary/aromatic N) is 3. The second-order valence-electron chi connectivity index (χ2n) is 6.33. The van der Waals surface area contributed by atoms with E-state index in [9.17, 15) is 19.7 Å². The first kappa shape index (κ1) is 18.7. The van der Waals surface area contributed by atoms with Crippen LogP contribution >= 0.6 is 11.8 Å². The molecule has 1 fully saturated rings. The molecule has 3 aromatic rings. The van der Waals surface area contributed by atoms with Gasteiger partial charge in [-0.1, -0.05) is 30.3 Å². The summed E-state index contributed by atoms with van der Waals surface area (Å²) in [6.45, 7) is 0.228. The molecular formula is C21H15N3O4S. The number of amides is 2. The normalized spacial score (nSPS) is 15.3. The number of nitro benzene ring substituents is 1. The van der Waals surface area contributed by atoms with Crippen molar-refractivity contribution < 1.29 is 14.5 Å². The summed E-state index contributed by atoms with van der Waals surface area (Å²) in [4.78, 5) is 37.0. The monoisotopic (exact) mass is 405 g/mol. The summed E-state index contributed by atoms with van der Waals surface area (Å²) in [5.41, 5.74) is 2.30. The predicted molar refractivity (Wildman–Crippen MR) is 110 cm³/mol. The molecule has 2 heterocycles. The SMILES string of the molecule is O=C1S/C(=C\c2cccn2-c2ccc([N+](=O)[O-])cc2)C(=O)N1Cc1ccccc1. The number of rotatable bonds is 5. The van der Waals surface area contributed by atoms with Gasteiger partial charge >= 0.3 is 0 Å². The molecule has 4 rings (SSSR count). The minimum absolute atomic E-state index is 0.00416. The molecule has 144 valence electrons. The lowest BCUT2D eigenvalue weighted by Gasteiger charge is -2.12. The predicted octanol–water partition coefficient (Wildman–Crippen LogP) is 4.62. The summed E-state index contributed by atoms with van der Waals surface area (Å²) in [7, 11) is 0. The highest BCUT2D eigenvalue weighted by Crippen LogP contribution is 2.33. The molecule has 8 heteroatoms. The van der Waals surface area contributed by atoms with Crippen LogP contribution in [0.3, 0.4) is 0 Å². The second kappa shape index (κ2) is 7.76. The average Bonchev–Trinajstić information content (AvgIpc) is 3.29. The molecule has 1 saturated heterocycles. The number of benzene rings is 2. The summed E-state index contributed by atoms with van der Waals surface area (Å²) in [6.07, 6.45) is 3.46. The van der Waals surface area contributed by atoms with Gasteiger partial charge in [-0.3, -0.25) is 24.6 Å². The van der Waals surface area contributed by atoms with Gasteiger partial charge in [-0.25, -0.2) is 0 Å². The van der Waals surface area contributed by atoms with Crippen LogP contribution in [0.25, 0.3) is 11.8 Å². The van der Waals surface area contributed by atoms with E-state index in [1.54, 1.807) is 29.0 Å². The molecule has 0 N–H and O–H groups in total. The maximum absolute atomic E-state index is 12.7. The van der Waals surface area contributed by atoms with Crippen LogP contribution in [0.4, 0.5) is 10.5 Å². The van der Waals surface area contributed by atoms with Gasteiger partial charge in [0, 0.05) is 29.7 Å². The number of thioether (sulfide) groups is 1. The zero-order valence-electron chi connectivity index (χ0n) is 15.1. The van der Waals surface area contributed by atoms with E-state index in [0.717, 1.165) is 23.0 Å². The van der Waals surface area contributed by atoms with Gasteiger partial charge in [0.1, 0.15) is 0 Å². The molecule has 2 amide bonds. The van der Waals surface area contributed by atoms with E-state index in [-0.39, 0.29) is 23.4 Å². The van der Waals surface area contributed by atoms with Crippen LogP contribution < -0.4 is 0 Å². The number of hydrogen-bond acceptors (Lipinski definition) is 5. The minimum atomic E-state index is -0.455. The molecule has 0 radical (unpaired) electrons. The van der Waals surface area contributed by atoms with Gasteiger partial charge in [0.25, 0.3) is 16.8 Å². The molecule has 0 unspecified atom stereocenters. The van der Waals surface area contributed by atoms with Crippen molar-refractivity contribution >= 4 is 34.7 Å². The van der Waals surface area contributed by atoms with Gasteiger partial charge in [-0.2, -0.15) is 0 Å². The van der Waals surface area contributed by atoms with Crippen molar-refractivity contribution in [2.45, 2.75) is 6.54 Å². The summed E-state index contributed by atoms with van der Waals surface area (Å²) in [6, 6.07) is 19.1. The Kier molecular flexibility index (Phi) is 5.01. The van der Waals surface area contributed by atoms with E-state index < -0.39 is 4.92 Å². The summed E-state index contributed by atoms with van der Waals surface area (Å²) >= 11 is 0.905. The Morgan fingerprint density at radius 3 is 2.38 bits per heavy atom. The molecule has 0 spiro atoms. The Morgan fingerprint density at radius 2 is 1.69 bits per heavy atom. The van der Waals surface area contributed by atoms with Crippen LogP contribution in [-0.4, -0.2) is 25.5 Å². The fraction of sp³-hybridized carbons (Fsp3) is 0.0476. The van der Waals surface area contributed by atoms with Crippen molar-refractivity contribution in [2.75, 3.05) is 0 Å². The van der Waals surface area contributed by atoms with Gasteiger partial charge < -0.3 is 4.57 Å². The molecule has 0 bridgehead atoms. The molecule has 1 aromatic heterocycles. The first-order valence-corrected chi connectivity index (χ1v) is 9.56.